The lowest BCUT2D eigenvalue weighted by Gasteiger charge is -2.35. The molecule has 1 aliphatic rings. The number of hydrogen-bond acceptors (Lipinski definition) is 3. The Labute approximate surface area is 117 Å². The summed E-state index contributed by atoms with van der Waals surface area (Å²) in [6.07, 6.45) is 1.77. The Hall–Kier alpha value is -1.35. The number of Topliss-reactive ketones (excluding diaryl/α,β-unsaturated/α-hetero) is 1. The van der Waals surface area contributed by atoms with Crippen LogP contribution >= 0.6 is 11.6 Å². The van der Waals surface area contributed by atoms with E-state index >= 15 is 0 Å². The molecule has 1 aromatic carbocycles. The van der Waals surface area contributed by atoms with Crippen molar-refractivity contribution in [1.82, 2.24) is 0 Å². The van der Waals surface area contributed by atoms with Crippen LogP contribution in [0.1, 0.15) is 38.2 Å². The molecular weight excluding hydrogens is 264 g/mol. The van der Waals surface area contributed by atoms with Gasteiger partial charge in [0.2, 0.25) is 0 Å². The van der Waals surface area contributed by atoms with E-state index in [2.05, 4.69) is 0 Å². The third-order valence-electron chi connectivity index (χ3n) is 3.72. The maximum absolute atomic E-state index is 12.4. The maximum Gasteiger partial charge on any atom is 0.316 e. The maximum atomic E-state index is 12.4. The zero-order valence-electron chi connectivity index (χ0n) is 10.9. The third-order valence-corrected chi connectivity index (χ3v) is 4.05. The first-order valence-corrected chi connectivity index (χ1v) is 6.92. The molecule has 0 spiro atoms. The fourth-order valence-corrected chi connectivity index (χ4v) is 2.97. The van der Waals surface area contributed by atoms with Crippen LogP contribution in [-0.4, -0.2) is 18.4 Å². The Balaban J connectivity index is 2.43. The van der Waals surface area contributed by atoms with Crippen LogP contribution in [0.15, 0.2) is 24.3 Å². The standard InChI is InChI=1S/C15H17ClO3/c1-2-19-14(18)15(9-7-11(17)8-10-15)12-5-3-4-6-13(12)16/h3-6H,2,7-10H2,1H3. The molecule has 0 unspecified atom stereocenters. The molecule has 0 aliphatic heterocycles. The second-order valence-corrected chi connectivity index (χ2v) is 5.23. The van der Waals surface area contributed by atoms with Gasteiger partial charge in [-0.25, -0.2) is 0 Å². The van der Waals surface area contributed by atoms with Crippen molar-refractivity contribution in [2.45, 2.75) is 38.0 Å². The Kier molecular flexibility index (Phi) is 4.25. The van der Waals surface area contributed by atoms with Crippen molar-refractivity contribution < 1.29 is 14.3 Å². The van der Waals surface area contributed by atoms with Crippen molar-refractivity contribution in [1.29, 1.82) is 0 Å². The number of benzene rings is 1. The van der Waals surface area contributed by atoms with Gasteiger partial charge in [-0.15, -0.1) is 0 Å². The first-order valence-electron chi connectivity index (χ1n) is 6.54. The topological polar surface area (TPSA) is 43.4 Å². The molecule has 0 N–H and O–H groups in total. The summed E-state index contributed by atoms with van der Waals surface area (Å²) < 4.78 is 5.22. The molecule has 1 aliphatic carbocycles. The molecule has 0 atom stereocenters. The molecule has 0 aromatic heterocycles. The second kappa shape index (κ2) is 5.74. The SMILES string of the molecule is CCOC(=O)C1(c2ccccc2Cl)CCC(=O)CC1. The minimum Gasteiger partial charge on any atom is -0.465 e. The quantitative estimate of drug-likeness (QED) is 0.798. The molecule has 1 aromatic rings. The summed E-state index contributed by atoms with van der Waals surface area (Å²) in [7, 11) is 0. The van der Waals surface area contributed by atoms with E-state index in [9.17, 15) is 9.59 Å². The smallest absolute Gasteiger partial charge is 0.316 e. The largest absolute Gasteiger partial charge is 0.465 e. The van der Waals surface area contributed by atoms with Crippen molar-refractivity contribution in [3.63, 3.8) is 0 Å². The molecule has 1 saturated carbocycles. The highest BCUT2D eigenvalue weighted by molar-refractivity contribution is 6.31. The predicted octanol–water partition coefficient (Wildman–Crippen LogP) is 3.28. The highest BCUT2D eigenvalue weighted by Gasteiger charge is 2.45. The average Bonchev–Trinajstić information content (AvgIpc) is 2.41. The summed E-state index contributed by atoms with van der Waals surface area (Å²) in [5.74, 6) is -0.0671. The van der Waals surface area contributed by atoms with Crippen molar-refractivity contribution in [2.75, 3.05) is 6.61 Å². The summed E-state index contributed by atoms with van der Waals surface area (Å²) in [6.45, 7) is 2.12. The van der Waals surface area contributed by atoms with Crippen LogP contribution in [0.4, 0.5) is 0 Å². The van der Waals surface area contributed by atoms with E-state index in [0.29, 0.717) is 37.3 Å². The van der Waals surface area contributed by atoms with Gasteiger partial charge in [0, 0.05) is 17.9 Å². The lowest BCUT2D eigenvalue weighted by atomic mass is 9.69. The first-order chi connectivity index (χ1) is 9.10. The van der Waals surface area contributed by atoms with E-state index < -0.39 is 5.41 Å². The van der Waals surface area contributed by atoms with Gasteiger partial charge in [-0.3, -0.25) is 9.59 Å². The molecule has 0 amide bonds. The number of hydrogen-bond donors (Lipinski definition) is 0. The van der Waals surface area contributed by atoms with Crippen molar-refractivity contribution >= 4 is 23.4 Å². The predicted molar refractivity (Wildman–Crippen MR) is 73.2 cm³/mol. The summed E-state index contributed by atoms with van der Waals surface area (Å²) in [5.41, 5.74) is 0.0186. The second-order valence-electron chi connectivity index (χ2n) is 4.82. The number of ether oxygens (including phenoxy) is 1. The zero-order valence-corrected chi connectivity index (χ0v) is 11.7. The molecule has 102 valence electrons. The van der Waals surface area contributed by atoms with Crippen LogP contribution in [-0.2, 0) is 19.7 Å². The van der Waals surface area contributed by atoms with E-state index in [1.807, 2.05) is 18.2 Å². The van der Waals surface area contributed by atoms with E-state index in [1.54, 1.807) is 13.0 Å². The Morgan fingerprint density at radius 3 is 2.53 bits per heavy atom. The Bertz CT molecular complexity index is 486. The molecule has 0 bridgehead atoms. The van der Waals surface area contributed by atoms with Crippen LogP contribution in [0, 0.1) is 0 Å². The lowest BCUT2D eigenvalue weighted by Crippen LogP contribution is -2.41. The molecule has 0 heterocycles. The Morgan fingerprint density at radius 2 is 1.95 bits per heavy atom. The summed E-state index contributed by atoms with van der Waals surface area (Å²) >= 11 is 6.24. The summed E-state index contributed by atoms with van der Waals surface area (Å²) in [6, 6.07) is 7.32. The van der Waals surface area contributed by atoms with Crippen LogP contribution in [0.25, 0.3) is 0 Å². The number of carbonyl (C=O) groups excluding carboxylic acids is 2. The highest BCUT2D eigenvalue weighted by Crippen LogP contribution is 2.42. The van der Waals surface area contributed by atoms with Crippen LogP contribution < -0.4 is 0 Å². The van der Waals surface area contributed by atoms with E-state index in [-0.39, 0.29) is 11.8 Å². The van der Waals surface area contributed by atoms with E-state index in [4.69, 9.17) is 16.3 Å². The monoisotopic (exact) mass is 280 g/mol. The van der Waals surface area contributed by atoms with Crippen LogP contribution in [0.2, 0.25) is 5.02 Å². The molecule has 19 heavy (non-hydrogen) atoms. The minimum atomic E-state index is -0.762. The first kappa shape index (κ1) is 14.1. The number of ketones is 1. The van der Waals surface area contributed by atoms with E-state index in [0.717, 1.165) is 5.56 Å². The van der Waals surface area contributed by atoms with Gasteiger partial charge < -0.3 is 4.74 Å². The minimum absolute atomic E-state index is 0.201. The summed E-state index contributed by atoms with van der Waals surface area (Å²) in [4.78, 5) is 23.8. The van der Waals surface area contributed by atoms with Crippen LogP contribution in [0.5, 0.6) is 0 Å². The van der Waals surface area contributed by atoms with Gasteiger partial charge in [0.1, 0.15) is 5.78 Å². The molecule has 0 radical (unpaired) electrons. The number of halogens is 1. The molecule has 3 nitrogen and oxygen atoms in total. The fraction of sp³-hybridized carbons (Fsp3) is 0.467. The van der Waals surface area contributed by atoms with Gasteiger partial charge in [0.25, 0.3) is 0 Å². The van der Waals surface area contributed by atoms with Gasteiger partial charge in [0.15, 0.2) is 0 Å². The van der Waals surface area contributed by atoms with Gasteiger partial charge in [-0.1, -0.05) is 29.8 Å². The fourth-order valence-electron chi connectivity index (χ4n) is 2.66. The number of rotatable bonds is 3. The molecular formula is C15H17ClO3. The van der Waals surface area contributed by atoms with Crippen molar-refractivity contribution in [3.8, 4) is 0 Å². The van der Waals surface area contributed by atoms with Crippen LogP contribution in [0.3, 0.4) is 0 Å². The third kappa shape index (κ3) is 2.66. The van der Waals surface area contributed by atoms with Crippen molar-refractivity contribution in [2.24, 2.45) is 0 Å². The van der Waals surface area contributed by atoms with Gasteiger partial charge >= 0.3 is 5.97 Å². The molecule has 1 fully saturated rings. The van der Waals surface area contributed by atoms with Gasteiger partial charge in [-0.2, -0.15) is 0 Å². The van der Waals surface area contributed by atoms with Gasteiger partial charge in [-0.05, 0) is 31.4 Å². The Morgan fingerprint density at radius 1 is 1.32 bits per heavy atom. The summed E-state index contributed by atoms with van der Waals surface area (Å²) in [5, 5.41) is 0.560. The molecule has 4 heteroatoms. The molecule has 0 saturated heterocycles. The normalized spacial score (nSPS) is 18.1. The lowest BCUT2D eigenvalue weighted by molar-refractivity contribution is -0.152. The highest BCUT2D eigenvalue weighted by atomic mass is 35.5. The van der Waals surface area contributed by atoms with E-state index in [1.165, 1.54) is 0 Å². The number of carbonyl (C=O) groups is 2. The average molecular weight is 281 g/mol. The number of esters is 1. The zero-order chi connectivity index (χ0) is 13.9. The van der Waals surface area contributed by atoms with Gasteiger partial charge in [0.05, 0.1) is 12.0 Å². The molecule has 2 rings (SSSR count). The van der Waals surface area contributed by atoms with Crippen molar-refractivity contribution in [3.05, 3.63) is 34.9 Å².